The molecular weight excluding hydrogens is 460 g/mol. The fourth-order valence-corrected chi connectivity index (χ4v) is 4.49. The van der Waals surface area contributed by atoms with E-state index < -0.39 is 27.2 Å². The number of aryl methyl sites for hydroxylation is 1. The lowest BCUT2D eigenvalue weighted by molar-refractivity contribution is -0.134. The minimum absolute atomic E-state index is 0.0300. The number of rotatable bonds is 5. The third kappa shape index (κ3) is 7.25. The van der Waals surface area contributed by atoms with Gasteiger partial charge in [-0.25, -0.2) is 8.42 Å². The van der Waals surface area contributed by atoms with Crippen molar-refractivity contribution < 1.29 is 18.0 Å². The zero-order valence-corrected chi connectivity index (χ0v) is 20.5. The number of carbonyl (C=O) groups excluding carboxylic acids is 2. The molecule has 180 valence electrons. The van der Waals surface area contributed by atoms with Crippen LogP contribution in [0.1, 0.15) is 18.9 Å². The van der Waals surface area contributed by atoms with Crippen molar-refractivity contribution in [3.63, 3.8) is 0 Å². The molecule has 3 aromatic carbocycles. The van der Waals surface area contributed by atoms with Crippen molar-refractivity contribution in [3.8, 4) is 0 Å². The Kier molecular flexibility index (Phi) is 8.75. The standard InChI is InChI=1S/C12H14O4S.2C8H7N/c1-3-11(13)12(14)8-17(15,16)10-6-4-9(2)5-7-10;2*1-2-4-8-7(3-1)5-6-9-8/h4-7H,3,8H2,1-2H3;2*1-6,9H. The SMILES string of the molecule is CCC(=O)C(=O)CS(=O)(=O)c1ccc(C)cc1.c1ccc2[nH]ccc2c1.c1ccc2[nH]ccc2c1. The smallest absolute Gasteiger partial charge is 0.213 e. The Labute approximate surface area is 204 Å². The summed E-state index contributed by atoms with van der Waals surface area (Å²) in [5.74, 6) is -2.25. The summed E-state index contributed by atoms with van der Waals surface area (Å²) in [6.45, 7) is 3.36. The maximum atomic E-state index is 11.8. The van der Waals surface area contributed by atoms with Crippen LogP contribution in [0.4, 0.5) is 0 Å². The van der Waals surface area contributed by atoms with Crippen LogP contribution >= 0.6 is 0 Å². The van der Waals surface area contributed by atoms with Crippen LogP contribution in [0.15, 0.2) is 102 Å². The van der Waals surface area contributed by atoms with E-state index in [1.54, 1.807) is 12.1 Å². The zero-order valence-electron chi connectivity index (χ0n) is 19.7. The van der Waals surface area contributed by atoms with Gasteiger partial charge in [0.25, 0.3) is 0 Å². The number of hydrogen-bond donors (Lipinski definition) is 2. The van der Waals surface area contributed by atoms with E-state index in [2.05, 4.69) is 46.4 Å². The van der Waals surface area contributed by atoms with Gasteiger partial charge in [-0.1, -0.05) is 61.0 Å². The Morgan fingerprint density at radius 1 is 0.686 bits per heavy atom. The van der Waals surface area contributed by atoms with Crippen molar-refractivity contribution in [2.24, 2.45) is 0 Å². The molecule has 0 saturated heterocycles. The van der Waals surface area contributed by atoms with E-state index in [-0.39, 0.29) is 11.3 Å². The van der Waals surface area contributed by atoms with Crippen molar-refractivity contribution in [2.75, 3.05) is 5.75 Å². The number of para-hydroxylation sites is 2. The summed E-state index contributed by atoms with van der Waals surface area (Å²) in [5, 5.41) is 2.55. The lowest BCUT2D eigenvalue weighted by Crippen LogP contribution is -2.23. The highest BCUT2D eigenvalue weighted by Gasteiger charge is 2.22. The Morgan fingerprint density at radius 3 is 1.63 bits per heavy atom. The fourth-order valence-electron chi connectivity index (χ4n) is 3.27. The summed E-state index contributed by atoms with van der Waals surface area (Å²) >= 11 is 0. The van der Waals surface area contributed by atoms with E-state index in [1.807, 2.05) is 43.6 Å². The van der Waals surface area contributed by atoms with E-state index in [4.69, 9.17) is 0 Å². The van der Waals surface area contributed by atoms with Crippen LogP contribution in [0.3, 0.4) is 0 Å². The molecule has 0 saturated carbocycles. The average Bonchev–Trinajstić information content (AvgIpc) is 3.54. The van der Waals surface area contributed by atoms with Gasteiger partial charge in [-0.05, 0) is 54.1 Å². The second-order valence-electron chi connectivity index (χ2n) is 7.90. The second-order valence-corrected chi connectivity index (χ2v) is 9.89. The molecule has 2 N–H and O–H groups in total. The molecule has 0 amide bonds. The molecule has 6 nitrogen and oxygen atoms in total. The number of sulfone groups is 1. The number of fused-ring (bicyclic) bond motifs is 2. The van der Waals surface area contributed by atoms with Crippen LogP contribution in [0.5, 0.6) is 0 Å². The molecule has 0 atom stereocenters. The minimum atomic E-state index is -3.70. The Bertz CT molecular complexity index is 1390. The van der Waals surface area contributed by atoms with Crippen molar-refractivity contribution in [1.82, 2.24) is 9.97 Å². The Balaban J connectivity index is 0.000000159. The highest BCUT2D eigenvalue weighted by molar-refractivity contribution is 7.92. The predicted octanol–water partition coefficient (Wildman–Crippen LogP) is 5.65. The van der Waals surface area contributed by atoms with Gasteiger partial charge in [0.2, 0.25) is 5.78 Å². The highest BCUT2D eigenvalue weighted by atomic mass is 32.2. The first-order chi connectivity index (χ1) is 16.8. The lowest BCUT2D eigenvalue weighted by atomic mass is 10.2. The fraction of sp³-hybridized carbons (Fsp3) is 0.143. The van der Waals surface area contributed by atoms with E-state index in [1.165, 1.54) is 40.9 Å². The Morgan fingerprint density at radius 2 is 1.17 bits per heavy atom. The van der Waals surface area contributed by atoms with Gasteiger partial charge in [0.1, 0.15) is 5.75 Å². The van der Waals surface area contributed by atoms with Gasteiger partial charge in [-0.3, -0.25) is 9.59 Å². The first kappa shape index (κ1) is 25.6. The second kappa shape index (κ2) is 11.9. The summed E-state index contributed by atoms with van der Waals surface area (Å²) in [6.07, 6.45) is 3.93. The maximum Gasteiger partial charge on any atom is 0.213 e. The van der Waals surface area contributed by atoms with Gasteiger partial charge in [0, 0.05) is 29.8 Å². The average molecular weight is 489 g/mol. The molecule has 0 bridgehead atoms. The van der Waals surface area contributed by atoms with Gasteiger partial charge < -0.3 is 9.97 Å². The first-order valence-electron chi connectivity index (χ1n) is 11.2. The van der Waals surface area contributed by atoms with Crippen molar-refractivity contribution in [3.05, 3.63) is 103 Å². The van der Waals surface area contributed by atoms with E-state index in [0.29, 0.717) is 0 Å². The van der Waals surface area contributed by atoms with E-state index in [9.17, 15) is 18.0 Å². The summed E-state index contributed by atoms with van der Waals surface area (Å²) in [5.41, 5.74) is 3.34. The molecule has 0 aliphatic carbocycles. The number of carbonyl (C=O) groups is 2. The van der Waals surface area contributed by atoms with E-state index >= 15 is 0 Å². The van der Waals surface area contributed by atoms with Crippen LogP contribution in [-0.4, -0.2) is 35.7 Å². The predicted molar refractivity (Wildman–Crippen MR) is 140 cm³/mol. The zero-order chi connectivity index (χ0) is 25.3. The quantitative estimate of drug-likeness (QED) is 0.312. The first-order valence-corrected chi connectivity index (χ1v) is 12.8. The monoisotopic (exact) mass is 488 g/mol. The Hall–Kier alpha value is -3.97. The molecule has 0 spiro atoms. The number of benzene rings is 3. The summed E-state index contributed by atoms with van der Waals surface area (Å²) in [4.78, 5) is 28.7. The van der Waals surface area contributed by atoms with Crippen LogP contribution in [0, 0.1) is 6.92 Å². The van der Waals surface area contributed by atoms with Gasteiger partial charge in [0.15, 0.2) is 15.6 Å². The largest absolute Gasteiger partial charge is 0.361 e. The normalized spacial score (nSPS) is 10.7. The summed E-state index contributed by atoms with van der Waals surface area (Å²) < 4.78 is 23.6. The third-order valence-corrected chi connectivity index (χ3v) is 6.89. The molecule has 0 fully saturated rings. The number of ketones is 2. The molecule has 0 radical (unpaired) electrons. The molecule has 0 unspecified atom stereocenters. The third-order valence-electron chi connectivity index (χ3n) is 5.26. The number of Topliss-reactive ketones (excluding diaryl/α,β-unsaturated/α-hetero) is 2. The highest BCUT2D eigenvalue weighted by Crippen LogP contribution is 2.13. The van der Waals surface area contributed by atoms with Crippen LogP contribution in [-0.2, 0) is 19.4 Å². The molecule has 5 rings (SSSR count). The molecule has 2 aromatic heterocycles. The van der Waals surface area contributed by atoms with Gasteiger partial charge >= 0.3 is 0 Å². The molecule has 5 aromatic rings. The molecular formula is C28H28N2O4S. The van der Waals surface area contributed by atoms with Crippen molar-refractivity contribution >= 4 is 43.2 Å². The van der Waals surface area contributed by atoms with Gasteiger partial charge in [0.05, 0.1) is 4.90 Å². The van der Waals surface area contributed by atoms with Crippen molar-refractivity contribution in [2.45, 2.75) is 25.2 Å². The van der Waals surface area contributed by atoms with E-state index in [0.717, 1.165) is 5.56 Å². The van der Waals surface area contributed by atoms with Gasteiger partial charge in [-0.15, -0.1) is 0 Å². The summed E-state index contributed by atoms with van der Waals surface area (Å²) in [6, 6.07) is 26.7. The minimum Gasteiger partial charge on any atom is -0.361 e. The topological polar surface area (TPSA) is 99.9 Å². The number of hydrogen-bond acceptors (Lipinski definition) is 4. The number of nitrogens with one attached hydrogen (secondary N) is 2. The van der Waals surface area contributed by atoms with Crippen molar-refractivity contribution in [1.29, 1.82) is 0 Å². The molecule has 0 aliphatic heterocycles. The lowest BCUT2D eigenvalue weighted by Gasteiger charge is -2.03. The summed E-state index contributed by atoms with van der Waals surface area (Å²) in [7, 11) is -3.70. The molecule has 0 aliphatic rings. The number of aromatic amines is 2. The molecule has 7 heteroatoms. The number of H-pyrrole nitrogens is 2. The van der Waals surface area contributed by atoms with Gasteiger partial charge in [-0.2, -0.15) is 0 Å². The van der Waals surface area contributed by atoms with Crippen LogP contribution in [0.2, 0.25) is 0 Å². The van der Waals surface area contributed by atoms with Crippen LogP contribution < -0.4 is 0 Å². The molecule has 35 heavy (non-hydrogen) atoms. The van der Waals surface area contributed by atoms with Crippen LogP contribution in [0.25, 0.3) is 21.8 Å². The maximum absolute atomic E-state index is 11.8. The molecule has 2 heterocycles. The number of aromatic nitrogens is 2.